The summed E-state index contributed by atoms with van der Waals surface area (Å²) >= 11 is 4.27. The number of hydrogen-bond donors (Lipinski definition) is 1. The fraction of sp³-hybridized carbons (Fsp3) is 0.231. The number of pyridine rings is 1. The van der Waals surface area contributed by atoms with E-state index in [2.05, 4.69) is 18.7 Å². The first kappa shape index (κ1) is 12.5. The number of rotatable bonds is 2. The lowest BCUT2D eigenvalue weighted by molar-refractivity contribution is 0.0514. The average Bonchev–Trinajstić information content (AvgIpc) is 2.60. The molecule has 2 rings (SSSR count). The largest absolute Gasteiger partial charge is 0.461 e. The zero-order valence-corrected chi connectivity index (χ0v) is 11.0. The average molecular weight is 260 g/mol. The van der Waals surface area contributed by atoms with Crippen LogP contribution in [0.4, 0.5) is 0 Å². The number of carbonyl (C=O) groups is 1. The van der Waals surface area contributed by atoms with E-state index in [9.17, 15) is 4.79 Å². The maximum atomic E-state index is 11.9. The Morgan fingerprint density at radius 1 is 1.61 bits per heavy atom. The van der Waals surface area contributed by atoms with Crippen molar-refractivity contribution in [1.82, 2.24) is 4.40 Å². The highest BCUT2D eigenvalue weighted by atomic mass is 32.1. The van der Waals surface area contributed by atoms with Crippen LogP contribution in [0.25, 0.3) is 5.52 Å². The van der Waals surface area contributed by atoms with Crippen molar-refractivity contribution >= 4 is 24.1 Å². The molecule has 0 fully saturated rings. The van der Waals surface area contributed by atoms with E-state index < -0.39 is 5.97 Å². The standard InChI is InChI=1S/C13H12N2O2S/c1-3-17-13(16)11-12(18)9(7-14)10-6-8(2)4-5-15(10)11/h4-6,18H,3H2,1-2H3. The quantitative estimate of drug-likeness (QED) is 0.667. The highest BCUT2D eigenvalue weighted by molar-refractivity contribution is 7.80. The van der Waals surface area contributed by atoms with Gasteiger partial charge in [-0.05, 0) is 31.5 Å². The summed E-state index contributed by atoms with van der Waals surface area (Å²) < 4.78 is 6.63. The molecule has 2 aromatic rings. The van der Waals surface area contributed by atoms with Crippen LogP contribution >= 0.6 is 12.6 Å². The predicted octanol–water partition coefficient (Wildman–Crippen LogP) is 2.58. The van der Waals surface area contributed by atoms with Gasteiger partial charge in [0, 0.05) is 6.20 Å². The van der Waals surface area contributed by atoms with Gasteiger partial charge in [0.2, 0.25) is 0 Å². The minimum absolute atomic E-state index is 0.285. The minimum atomic E-state index is -0.470. The molecule has 0 radical (unpaired) electrons. The second kappa shape index (κ2) is 4.75. The van der Waals surface area contributed by atoms with E-state index in [1.54, 1.807) is 17.5 Å². The molecule has 0 amide bonds. The Morgan fingerprint density at radius 2 is 2.33 bits per heavy atom. The minimum Gasteiger partial charge on any atom is -0.461 e. The van der Waals surface area contributed by atoms with Crippen LogP contribution < -0.4 is 0 Å². The van der Waals surface area contributed by atoms with E-state index in [1.165, 1.54) is 0 Å². The monoisotopic (exact) mass is 260 g/mol. The summed E-state index contributed by atoms with van der Waals surface area (Å²) in [6.07, 6.45) is 1.75. The van der Waals surface area contributed by atoms with Crippen molar-refractivity contribution in [1.29, 1.82) is 5.26 Å². The Hall–Kier alpha value is -1.93. The topological polar surface area (TPSA) is 54.5 Å². The van der Waals surface area contributed by atoms with Crippen molar-refractivity contribution in [3.05, 3.63) is 35.2 Å². The number of ether oxygens (including phenoxy) is 1. The molecule has 2 heterocycles. The summed E-state index contributed by atoms with van der Waals surface area (Å²) in [6, 6.07) is 5.79. The van der Waals surface area contributed by atoms with Crippen LogP contribution in [0.15, 0.2) is 23.2 Å². The Bertz CT molecular complexity index is 668. The second-order valence-electron chi connectivity index (χ2n) is 3.86. The van der Waals surface area contributed by atoms with Crippen molar-refractivity contribution in [3.8, 4) is 6.07 Å². The maximum Gasteiger partial charge on any atom is 0.356 e. The van der Waals surface area contributed by atoms with Crippen molar-refractivity contribution in [3.63, 3.8) is 0 Å². The smallest absolute Gasteiger partial charge is 0.356 e. The van der Waals surface area contributed by atoms with Crippen LogP contribution in [-0.4, -0.2) is 17.0 Å². The van der Waals surface area contributed by atoms with Crippen molar-refractivity contribution < 1.29 is 9.53 Å². The Balaban J connectivity index is 2.78. The van der Waals surface area contributed by atoms with E-state index in [1.807, 2.05) is 19.1 Å². The molecule has 0 N–H and O–H groups in total. The number of aryl methyl sites for hydroxylation is 1. The number of hydrogen-bond acceptors (Lipinski definition) is 4. The summed E-state index contributed by atoms with van der Waals surface area (Å²) in [4.78, 5) is 12.3. The summed E-state index contributed by atoms with van der Waals surface area (Å²) in [6.45, 7) is 3.95. The second-order valence-corrected chi connectivity index (χ2v) is 4.31. The third-order valence-electron chi connectivity index (χ3n) is 2.65. The van der Waals surface area contributed by atoms with Crippen LogP contribution in [0.5, 0.6) is 0 Å². The molecule has 0 aliphatic carbocycles. The molecule has 0 aliphatic heterocycles. The van der Waals surface area contributed by atoms with Crippen LogP contribution in [0, 0.1) is 18.3 Å². The van der Waals surface area contributed by atoms with Gasteiger partial charge in [0.1, 0.15) is 11.8 Å². The molecule has 0 spiro atoms. The van der Waals surface area contributed by atoms with E-state index in [-0.39, 0.29) is 6.61 Å². The molecule has 0 unspecified atom stereocenters. The first-order chi connectivity index (χ1) is 8.60. The van der Waals surface area contributed by atoms with Gasteiger partial charge in [-0.3, -0.25) is 0 Å². The number of aromatic nitrogens is 1. The SMILES string of the molecule is CCOC(=O)c1c(S)c(C#N)c2cc(C)ccn12. The molecule has 0 bridgehead atoms. The van der Waals surface area contributed by atoms with Crippen LogP contribution in [-0.2, 0) is 4.74 Å². The number of esters is 1. The third kappa shape index (κ3) is 1.85. The van der Waals surface area contributed by atoms with Crippen LogP contribution in [0.3, 0.4) is 0 Å². The zero-order valence-electron chi connectivity index (χ0n) is 10.1. The van der Waals surface area contributed by atoms with Gasteiger partial charge in [0.15, 0.2) is 0 Å². The van der Waals surface area contributed by atoms with Crippen molar-refractivity contribution in [2.24, 2.45) is 0 Å². The maximum absolute atomic E-state index is 11.9. The van der Waals surface area contributed by atoms with Gasteiger partial charge in [-0.15, -0.1) is 12.6 Å². The normalized spacial score (nSPS) is 10.3. The van der Waals surface area contributed by atoms with E-state index >= 15 is 0 Å². The molecular weight excluding hydrogens is 248 g/mol. The molecular formula is C13H12N2O2S. The molecule has 0 aliphatic rings. The summed E-state index contributed by atoms with van der Waals surface area (Å²) in [5, 5.41) is 9.17. The molecule has 92 valence electrons. The van der Waals surface area contributed by atoms with Gasteiger partial charge in [-0.25, -0.2) is 4.79 Å². The number of nitriles is 1. The summed E-state index contributed by atoms with van der Waals surface area (Å²) in [5.74, 6) is -0.470. The fourth-order valence-corrected chi connectivity index (χ4v) is 2.22. The lowest BCUT2D eigenvalue weighted by atomic mass is 10.2. The Labute approximate surface area is 110 Å². The van der Waals surface area contributed by atoms with Gasteiger partial charge in [0.05, 0.1) is 22.6 Å². The Kier molecular flexibility index (Phi) is 3.30. The van der Waals surface area contributed by atoms with Crippen LogP contribution in [0.2, 0.25) is 0 Å². The zero-order chi connectivity index (χ0) is 13.3. The van der Waals surface area contributed by atoms with Crippen molar-refractivity contribution in [2.75, 3.05) is 6.61 Å². The van der Waals surface area contributed by atoms with Gasteiger partial charge >= 0.3 is 5.97 Å². The first-order valence-electron chi connectivity index (χ1n) is 5.51. The van der Waals surface area contributed by atoms with E-state index in [0.717, 1.165) is 5.56 Å². The Morgan fingerprint density at radius 3 is 2.94 bits per heavy atom. The number of carbonyl (C=O) groups excluding carboxylic acids is 1. The van der Waals surface area contributed by atoms with E-state index in [4.69, 9.17) is 10.00 Å². The molecule has 0 aromatic carbocycles. The fourth-order valence-electron chi connectivity index (χ4n) is 1.85. The molecule has 5 heteroatoms. The molecule has 2 aromatic heterocycles. The molecule has 0 saturated heterocycles. The molecule has 4 nitrogen and oxygen atoms in total. The highest BCUT2D eigenvalue weighted by Crippen LogP contribution is 2.27. The summed E-state index contributed by atoms with van der Waals surface area (Å²) in [5.41, 5.74) is 2.38. The summed E-state index contributed by atoms with van der Waals surface area (Å²) in [7, 11) is 0. The van der Waals surface area contributed by atoms with Gasteiger partial charge in [-0.1, -0.05) is 0 Å². The number of fused-ring (bicyclic) bond motifs is 1. The third-order valence-corrected chi connectivity index (χ3v) is 3.08. The van der Waals surface area contributed by atoms with Gasteiger partial charge < -0.3 is 9.14 Å². The predicted molar refractivity (Wildman–Crippen MR) is 70.1 cm³/mol. The van der Waals surface area contributed by atoms with Crippen molar-refractivity contribution in [2.45, 2.75) is 18.7 Å². The lowest BCUT2D eigenvalue weighted by Gasteiger charge is -2.03. The number of nitrogens with zero attached hydrogens (tertiary/aromatic N) is 2. The van der Waals surface area contributed by atoms with Crippen LogP contribution in [0.1, 0.15) is 28.5 Å². The number of thiol groups is 1. The molecule has 18 heavy (non-hydrogen) atoms. The highest BCUT2D eigenvalue weighted by Gasteiger charge is 2.22. The van der Waals surface area contributed by atoms with E-state index in [0.29, 0.717) is 21.7 Å². The van der Waals surface area contributed by atoms with Gasteiger partial charge in [0.25, 0.3) is 0 Å². The molecule has 0 atom stereocenters. The lowest BCUT2D eigenvalue weighted by Crippen LogP contribution is -2.08. The first-order valence-corrected chi connectivity index (χ1v) is 5.95. The molecule has 0 saturated carbocycles. The van der Waals surface area contributed by atoms with Gasteiger partial charge in [-0.2, -0.15) is 5.26 Å².